The van der Waals surface area contributed by atoms with Crippen molar-refractivity contribution >= 4 is 11.7 Å². The molecule has 0 saturated heterocycles. The summed E-state index contributed by atoms with van der Waals surface area (Å²) in [6.07, 6.45) is 12.4. The van der Waals surface area contributed by atoms with Gasteiger partial charge < -0.3 is 10.2 Å². The lowest BCUT2D eigenvalue weighted by molar-refractivity contribution is 0.114. The number of hydrogen-bond donors (Lipinski definition) is 1. The number of amides is 2. The van der Waals surface area contributed by atoms with Crippen LogP contribution in [0.4, 0.5) is 10.5 Å². The molecule has 0 aromatic heterocycles. The standard InChI is InChI=1S/C20H30N2O/c1-16-12-14-17(15-13-16)21-20(23)22(18-8-4-2-5-9-18)19-10-6-3-7-11-19/h12-15,18-19H,2-11H2,1H3,(H,21,23). The van der Waals surface area contributed by atoms with Gasteiger partial charge in [-0.15, -0.1) is 0 Å². The summed E-state index contributed by atoms with van der Waals surface area (Å²) in [5, 5.41) is 3.15. The second-order valence-electron chi connectivity index (χ2n) is 7.29. The molecule has 0 bridgehead atoms. The summed E-state index contributed by atoms with van der Waals surface area (Å²) in [6, 6.07) is 9.13. The van der Waals surface area contributed by atoms with Crippen molar-refractivity contribution in [2.75, 3.05) is 5.32 Å². The number of benzene rings is 1. The lowest BCUT2D eigenvalue weighted by Gasteiger charge is -2.41. The van der Waals surface area contributed by atoms with E-state index in [2.05, 4.69) is 29.3 Å². The molecule has 0 radical (unpaired) electrons. The Morgan fingerprint density at radius 1 is 0.870 bits per heavy atom. The third-order valence-electron chi connectivity index (χ3n) is 5.47. The molecule has 0 spiro atoms. The second-order valence-corrected chi connectivity index (χ2v) is 7.29. The molecule has 1 aromatic rings. The Hall–Kier alpha value is -1.51. The van der Waals surface area contributed by atoms with Crippen molar-refractivity contribution in [1.29, 1.82) is 0 Å². The number of rotatable bonds is 3. The molecule has 2 aliphatic rings. The number of nitrogens with one attached hydrogen (secondary N) is 1. The first-order valence-corrected chi connectivity index (χ1v) is 9.40. The molecule has 2 saturated carbocycles. The van der Waals surface area contributed by atoms with Crippen molar-refractivity contribution in [2.45, 2.75) is 83.2 Å². The lowest BCUT2D eigenvalue weighted by atomic mass is 9.89. The van der Waals surface area contributed by atoms with Gasteiger partial charge >= 0.3 is 6.03 Å². The van der Waals surface area contributed by atoms with E-state index < -0.39 is 0 Å². The average molecular weight is 314 g/mol. The number of carbonyl (C=O) groups excluding carboxylic acids is 1. The first-order valence-electron chi connectivity index (χ1n) is 9.40. The van der Waals surface area contributed by atoms with Gasteiger partial charge in [0.05, 0.1) is 0 Å². The van der Waals surface area contributed by atoms with Crippen LogP contribution < -0.4 is 5.32 Å². The molecule has 2 amide bonds. The maximum absolute atomic E-state index is 13.0. The van der Waals surface area contributed by atoms with Gasteiger partial charge in [0.15, 0.2) is 0 Å². The number of hydrogen-bond acceptors (Lipinski definition) is 1. The van der Waals surface area contributed by atoms with Crippen LogP contribution in [-0.4, -0.2) is 23.0 Å². The summed E-state index contributed by atoms with van der Waals surface area (Å²) in [5.41, 5.74) is 2.14. The highest BCUT2D eigenvalue weighted by Crippen LogP contribution is 2.30. The van der Waals surface area contributed by atoms with Crippen LogP contribution in [0.5, 0.6) is 0 Å². The molecular formula is C20H30N2O. The number of anilines is 1. The van der Waals surface area contributed by atoms with Gasteiger partial charge in [0.2, 0.25) is 0 Å². The van der Waals surface area contributed by atoms with Crippen LogP contribution in [0, 0.1) is 6.92 Å². The molecule has 126 valence electrons. The van der Waals surface area contributed by atoms with Crippen molar-refractivity contribution in [3.8, 4) is 0 Å². The van der Waals surface area contributed by atoms with Crippen molar-refractivity contribution in [3.05, 3.63) is 29.8 Å². The minimum Gasteiger partial charge on any atom is -0.319 e. The maximum atomic E-state index is 13.0. The molecule has 1 aromatic carbocycles. The van der Waals surface area contributed by atoms with Crippen LogP contribution >= 0.6 is 0 Å². The fourth-order valence-electron chi connectivity index (χ4n) is 4.17. The number of urea groups is 1. The Morgan fingerprint density at radius 2 is 1.35 bits per heavy atom. The smallest absolute Gasteiger partial charge is 0.319 e. The Morgan fingerprint density at radius 3 is 1.83 bits per heavy atom. The third-order valence-corrected chi connectivity index (χ3v) is 5.47. The molecular weight excluding hydrogens is 284 g/mol. The molecule has 0 aliphatic heterocycles. The van der Waals surface area contributed by atoms with E-state index in [-0.39, 0.29) is 6.03 Å². The molecule has 0 atom stereocenters. The SMILES string of the molecule is Cc1ccc(NC(=O)N(C2CCCCC2)C2CCCCC2)cc1. The Labute approximate surface area is 140 Å². The van der Waals surface area contributed by atoms with Gasteiger partial charge in [-0.2, -0.15) is 0 Å². The van der Waals surface area contributed by atoms with Crippen LogP contribution in [0.2, 0.25) is 0 Å². The fourth-order valence-corrected chi connectivity index (χ4v) is 4.17. The highest BCUT2D eigenvalue weighted by molar-refractivity contribution is 5.89. The average Bonchev–Trinajstić information content (AvgIpc) is 2.59. The van der Waals surface area contributed by atoms with E-state index in [1.807, 2.05) is 12.1 Å². The summed E-state index contributed by atoms with van der Waals surface area (Å²) in [4.78, 5) is 15.2. The van der Waals surface area contributed by atoms with Crippen LogP contribution in [0.15, 0.2) is 24.3 Å². The summed E-state index contributed by atoms with van der Waals surface area (Å²) in [7, 11) is 0. The molecule has 23 heavy (non-hydrogen) atoms. The van der Waals surface area contributed by atoms with E-state index in [9.17, 15) is 4.79 Å². The van der Waals surface area contributed by atoms with Gasteiger partial charge in [-0.3, -0.25) is 0 Å². The molecule has 0 unspecified atom stereocenters. The van der Waals surface area contributed by atoms with Gasteiger partial charge in [-0.05, 0) is 44.7 Å². The zero-order valence-corrected chi connectivity index (χ0v) is 14.4. The fraction of sp³-hybridized carbons (Fsp3) is 0.650. The molecule has 2 fully saturated rings. The number of nitrogens with zero attached hydrogens (tertiary/aromatic N) is 1. The molecule has 2 aliphatic carbocycles. The van der Waals surface area contributed by atoms with Crippen molar-refractivity contribution in [2.24, 2.45) is 0 Å². The topological polar surface area (TPSA) is 32.3 Å². The Balaban J connectivity index is 1.72. The highest BCUT2D eigenvalue weighted by Gasteiger charge is 2.32. The monoisotopic (exact) mass is 314 g/mol. The first-order chi connectivity index (χ1) is 11.2. The summed E-state index contributed by atoms with van der Waals surface area (Å²) >= 11 is 0. The largest absolute Gasteiger partial charge is 0.322 e. The van der Waals surface area contributed by atoms with E-state index in [4.69, 9.17) is 0 Å². The van der Waals surface area contributed by atoms with Crippen LogP contribution in [0.1, 0.15) is 69.8 Å². The maximum Gasteiger partial charge on any atom is 0.322 e. The zero-order chi connectivity index (χ0) is 16.1. The van der Waals surface area contributed by atoms with Crippen molar-refractivity contribution < 1.29 is 4.79 Å². The zero-order valence-electron chi connectivity index (χ0n) is 14.4. The number of carbonyl (C=O) groups is 1. The predicted molar refractivity (Wildman–Crippen MR) is 95.8 cm³/mol. The highest BCUT2D eigenvalue weighted by atomic mass is 16.2. The van der Waals surface area contributed by atoms with E-state index in [1.54, 1.807) is 0 Å². The van der Waals surface area contributed by atoms with Crippen molar-refractivity contribution in [1.82, 2.24) is 4.90 Å². The van der Waals surface area contributed by atoms with E-state index in [0.717, 1.165) is 5.69 Å². The molecule has 3 rings (SSSR count). The minimum atomic E-state index is 0.118. The van der Waals surface area contributed by atoms with Gasteiger partial charge in [0.25, 0.3) is 0 Å². The lowest BCUT2D eigenvalue weighted by Crippen LogP contribution is -2.50. The molecule has 0 heterocycles. The summed E-state index contributed by atoms with van der Waals surface area (Å²) in [5.74, 6) is 0. The Kier molecular flexibility index (Phi) is 5.58. The van der Waals surface area contributed by atoms with E-state index in [0.29, 0.717) is 12.1 Å². The Bertz CT molecular complexity index is 481. The summed E-state index contributed by atoms with van der Waals surface area (Å²) < 4.78 is 0. The normalized spacial score (nSPS) is 20.2. The number of aryl methyl sites for hydroxylation is 1. The third kappa shape index (κ3) is 4.27. The van der Waals surface area contributed by atoms with Crippen LogP contribution in [0.25, 0.3) is 0 Å². The quantitative estimate of drug-likeness (QED) is 0.785. The van der Waals surface area contributed by atoms with Crippen LogP contribution in [0.3, 0.4) is 0 Å². The summed E-state index contributed by atoms with van der Waals surface area (Å²) in [6.45, 7) is 2.07. The van der Waals surface area contributed by atoms with Gasteiger partial charge in [0.1, 0.15) is 0 Å². The van der Waals surface area contributed by atoms with Gasteiger partial charge in [-0.25, -0.2) is 4.79 Å². The van der Waals surface area contributed by atoms with Gasteiger partial charge in [-0.1, -0.05) is 56.2 Å². The van der Waals surface area contributed by atoms with E-state index >= 15 is 0 Å². The first kappa shape index (κ1) is 16.4. The van der Waals surface area contributed by atoms with Crippen LogP contribution in [-0.2, 0) is 0 Å². The molecule has 1 N–H and O–H groups in total. The van der Waals surface area contributed by atoms with Crippen molar-refractivity contribution in [3.63, 3.8) is 0 Å². The predicted octanol–water partition coefficient (Wildman–Crippen LogP) is 5.49. The second kappa shape index (κ2) is 7.85. The minimum absolute atomic E-state index is 0.118. The molecule has 3 nitrogen and oxygen atoms in total. The molecule has 3 heteroatoms. The van der Waals surface area contributed by atoms with Gasteiger partial charge in [0, 0.05) is 17.8 Å². The van der Waals surface area contributed by atoms with E-state index in [1.165, 1.54) is 69.8 Å².